The normalized spacial score (nSPS) is 14.7. The lowest BCUT2D eigenvalue weighted by molar-refractivity contribution is 0.0991. The zero-order chi connectivity index (χ0) is 27.4. The smallest absolute Gasteiger partial charge is 0.248 e. The average molecular weight is 514 g/mol. The van der Waals surface area contributed by atoms with E-state index in [2.05, 4.69) is 48.5 Å². The first-order chi connectivity index (χ1) is 18.2. The highest BCUT2D eigenvalue weighted by atomic mass is 16.1. The summed E-state index contributed by atoms with van der Waals surface area (Å²) in [6.45, 7) is 11.2. The largest absolute Gasteiger partial charge is 0.366 e. The Kier molecular flexibility index (Phi) is 8.47. The summed E-state index contributed by atoms with van der Waals surface area (Å²) < 4.78 is 0. The summed E-state index contributed by atoms with van der Waals surface area (Å²) in [5.74, 6) is -0.582. The molecular formula is C31H39N5O2. The molecule has 0 atom stereocenters. The van der Waals surface area contributed by atoms with Crippen LogP contribution in [0.25, 0.3) is 0 Å². The third kappa shape index (κ3) is 5.89. The number of piperidine rings is 1. The summed E-state index contributed by atoms with van der Waals surface area (Å²) in [5, 5.41) is 0. The van der Waals surface area contributed by atoms with Crippen LogP contribution in [0.15, 0.2) is 60.8 Å². The molecule has 2 amide bonds. The van der Waals surface area contributed by atoms with Crippen LogP contribution in [0, 0.1) is 0 Å². The molecule has 1 aliphatic rings. The van der Waals surface area contributed by atoms with E-state index >= 15 is 0 Å². The summed E-state index contributed by atoms with van der Waals surface area (Å²) in [5.41, 5.74) is 17.7. The predicted octanol–water partition coefficient (Wildman–Crippen LogP) is 5.33. The first kappa shape index (κ1) is 27.3. The van der Waals surface area contributed by atoms with E-state index in [1.807, 2.05) is 48.7 Å². The van der Waals surface area contributed by atoms with E-state index in [-0.39, 0.29) is 17.9 Å². The Morgan fingerprint density at radius 2 is 1.63 bits per heavy atom. The van der Waals surface area contributed by atoms with Gasteiger partial charge < -0.3 is 16.4 Å². The number of nitrogens with zero attached hydrogens (tertiary/aromatic N) is 3. The monoisotopic (exact) mass is 513 g/mol. The molecule has 0 radical (unpaired) electrons. The van der Waals surface area contributed by atoms with Crippen molar-refractivity contribution in [3.05, 3.63) is 88.7 Å². The number of nitrogens with two attached hydrogens (primary N) is 2. The van der Waals surface area contributed by atoms with Crippen LogP contribution in [0.4, 0.5) is 11.4 Å². The predicted molar refractivity (Wildman–Crippen MR) is 153 cm³/mol. The Morgan fingerprint density at radius 3 is 2.21 bits per heavy atom. The Balaban J connectivity index is 1.78. The molecule has 0 bridgehead atoms. The molecular weight excluding hydrogens is 474 g/mol. The molecule has 7 nitrogen and oxygen atoms in total. The van der Waals surface area contributed by atoms with Crippen molar-refractivity contribution in [1.29, 1.82) is 0 Å². The van der Waals surface area contributed by atoms with Gasteiger partial charge in [0.05, 0.1) is 5.69 Å². The van der Waals surface area contributed by atoms with Gasteiger partial charge in [-0.15, -0.1) is 0 Å². The number of rotatable bonds is 9. The zero-order valence-corrected chi connectivity index (χ0v) is 22.9. The molecule has 200 valence electrons. The minimum atomic E-state index is -0.451. The highest BCUT2D eigenvalue weighted by Crippen LogP contribution is 2.42. The number of primary amides is 2. The van der Waals surface area contributed by atoms with E-state index < -0.39 is 11.8 Å². The standard InChI is InChI=1S/C31H39N5O2/c1-20(2)28-26(31(33)38)11-12-27(29(28)21(3)4)36(25-10-7-8-22(18-25)30(32)37)24-13-16-35(17-14-24)19-23-9-5-6-15-34-23/h5-12,15,18,20-21,24H,13-14,16-17,19H2,1-4H3,(H2,32,37)(H2,33,38). The molecule has 0 unspecified atom stereocenters. The molecule has 1 fully saturated rings. The number of benzene rings is 2. The van der Waals surface area contributed by atoms with Crippen molar-refractivity contribution in [2.45, 2.75) is 65.0 Å². The number of amides is 2. The number of pyridine rings is 1. The van der Waals surface area contributed by atoms with Gasteiger partial charge in [-0.1, -0.05) is 39.8 Å². The first-order valence-corrected chi connectivity index (χ1v) is 13.4. The number of aromatic nitrogens is 1. The van der Waals surface area contributed by atoms with Crippen molar-refractivity contribution in [3.63, 3.8) is 0 Å². The number of carbonyl (C=O) groups excluding carboxylic acids is 2. The maximum Gasteiger partial charge on any atom is 0.248 e. The Hall–Kier alpha value is -3.71. The van der Waals surface area contributed by atoms with Gasteiger partial charge in [0.15, 0.2) is 0 Å². The van der Waals surface area contributed by atoms with E-state index in [1.165, 1.54) is 0 Å². The maximum absolute atomic E-state index is 12.4. The summed E-state index contributed by atoms with van der Waals surface area (Å²) in [4.78, 5) is 33.8. The van der Waals surface area contributed by atoms with Crippen LogP contribution in [0.3, 0.4) is 0 Å². The molecule has 3 aromatic rings. The summed E-state index contributed by atoms with van der Waals surface area (Å²) in [7, 11) is 0. The third-order valence-corrected chi connectivity index (χ3v) is 7.39. The number of hydrogen-bond donors (Lipinski definition) is 2. The van der Waals surface area contributed by atoms with Crippen LogP contribution in [0.2, 0.25) is 0 Å². The Labute approximate surface area is 225 Å². The highest BCUT2D eigenvalue weighted by Gasteiger charge is 2.31. The van der Waals surface area contributed by atoms with Crippen LogP contribution in [0.1, 0.15) is 89.9 Å². The van der Waals surface area contributed by atoms with E-state index in [9.17, 15) is 9.59 Å². The van der Waals surface area contributed by atoms with Gasteiger partial charge in [0.25, 0.3) is 0 Å². The van der Waals surface area contributed by atoms with Crippen molar-refractivity contribution in [3.8, 4) is 0 Å². The van der Waals surface area contributed by atoms with Crippen LogP contribution in [-0.4, -0.2) is 40.8 Å². The van der Waals surface area contributed by atoms with Gasteiger partial charge in [0, 0.05) is 54.4 Å². The lowest BCUT2D eigenvalue weighted by atomic mass is 9.84. The quantitative estimate of drug-likeness (QED) is 0.402. The van der Waals surface area contributed by atoms with E-state index in [0.717, 1.165) is 60.7 Å². The molecule has 1 aromatic heterocycles. The van der Waals surface area contributed by atoms with Gasteiger partial charge >= 0.3 is 0 Å². The molecule has 0 aliphatic carbocycles. The van der Waals surface area contributed by atoms with Gasteiger partial charge in [-0.05, 0) is 78.3 Å². The summed E-state index contributed by atoms with van der Waals surface area (Å²) in [6.07, 6.45) is 3.73. The number of hydrogen-bond acceptors (Lipinski definition) is 5. The van der Waals surface area contributed by atoms with E-state index in [1.54, 1.807) is 6.07 Å². The van der Waals surface area contributed by atoms with Gasteiger partial charge in [-0.25, -0.2) is 0 Å². The number of anilines is 2. The number of carbonyl (C=O) groups is 2. The van der Waals surface area contributed by atoms with Gasteiger partial charge in [0.1, 0.15) is 0 Å². The Bertz CT molecular complexity index is 1280. The minimum Gasteiger partial charge on any atom is -0.366 e. The van der Waals surface area contributed by atoms with E-state index in [0.29, 0.717) is 11.1 Å². The van der Waals surface area contributed by atoms with Gasteiger partial charge in [0.2, 0.25) is 11.8 Å². The van der Waals surface area contributed by atoms with Crippen LogP contribution in [0.5, 0.6) is 0 Å². The lowest BCUT2D eigenvalue weighted by Gasteiger charge is -2.41. The Morgan fingerprint density at radius 1 is 0.921 bits per heavy atom. The molecule has 1 saturated heterocycles. The first-order valence-electron chi connectivity index (χ1n) is 13.4. The summed E-state index contributed by atoms with van der Waals surface area (Å²) in [6, 6.07) is 17.7. The molecule has 2 heterocycles. The lowest BCUT2D eigenvalue weighted by Crippen LogP contribution is -2.43. The topological polar surface area (TPSA) is 106 Å². The molecule has 1 aliphatic heterocycles. The van der Waals surface area contributed by atoms with Crippen molar-refractivity contribution < 1.29 is 9.59 Å². The van der Waals surface area contributed by atoms with Crippen LogP contribution >= 0.6 is 0 Å². The second-order valence-corrected chi connectivity index (χ2v) is 10.7. The zero-order valence-electron chi connectivity index (χ0n) is 22.9. The molecule has 0 saturated carbocycles. The van der Waals surface area contributed by atoms with Crippen LogP contribution in [-0.2, 0) is 6.54 Å². The number of likely N-dealkylation sites (tertiary alicyclic amines) is 1. The molecule has 7 heteroatoms. The summed E-state index contributed by atoms with van der Waals surface area (Å²) >= 11 is 0. The fraction of sp³-hybridized carbons (Fsp3) is 0.387. The van der Waals surface area contributed by atoms with Crippen molar-refractivity contribution in [2.24, 2.45) is 11.5 Å². The molecule has 0 spiro atoms. The van der Waals surface area contributed by atoms with Crippen molar-refractivity contribution in [2.75, 3.05) is 18.0 Å². The van der Waals surface area contributed by atoms with Crippen molar-refractivity contribution in [1.82, 2.24) is 9.88 Å². The fourth-order valence-electron chi connectivity index (χ4n) is 5.69. The maximum atomic E-state index is 12.4. The molecule has 38 heavy (non-hydrogen) atoms. The van der Waals surface area contributed by atoms with Gasteiger partial charge in [-0.2, -0.15) is 0 Å². The van der Waals surface area contributed by atoms with E-state index in [4.69, 9.17) is 11.5 Å². The minimum absolute atomic E-state index is 0.119. The van der Waals surface area contributed by atoms with Crippen molar-refractivity contribution >= 4 is 23.2 Å². The average Bonchev–Trinajstić information content (AvgIpc) is 2.90. The SMILES string of the molecule is CC(C)c1c(C(N)=O)ccc(N(c2cccc(C(N)=O)c2)C2CCN(Cc3ccccn3)CC2)c1C(C)C. The molecule has 4 N–H and O–H groups in total. The third-order valence-electron chi connectivity index (χ3n) is 7.39. The molecule has 4 rings (SSSR count). The second kappa shape index (κ2) is 11.8. The molecule has 2 aromatic carbocycles. The van der Waals surface area contributed by atoms with Gasteiger partial charge in [-0.3, -0.25) is 19.5 Å². The highest BCUT2D eigenvalue weighted by molar-refractivity contribution is 5.96. The fourth-order valence-corrected chi connectivity index (χ4v) is 5.69. The van der Waals surface area contributed by atoms with Crippen LogP contribution < -0.4 is 16.4 Å². The second-order valence-electron chi connectivity index (χ2n) is 10.7.